The van der Waals surface area contributed by atoms with Gasteiger partial charge in [0, 0.05) is 10.7 Å². The summed E-state index contributed by atoms with van der Waals surface area (Å²) in [6.45, 7) is 1.71. The van der Waals surface area contributed by atoms with Gasteiger partial charge in [0.25, 0.3) is 0 Å². The van der Waals surface area contributed by atoms with Gasteiger partial charge in [0.1, 0.15) is 0 Å². The number of nitrogens with zero attached hydrogens (tertiary/aromatic N) is 1. The predicted octanol–water partition coefficient (Wildman–Crippen LogP) is 4.48. The summed E-state index contributed by atoms with van der Waals surface area (Å²) in [5.41, 5.74) is 1.25. The molecular formula is C14H12ClN. The van der Waals surface area contributed by atoms with Gasteiger partial charge in [0.15, 0.2) is 0 Å². The van der Waals surface area contributed by atoms with Gasteiger partial charge in [0.2, 0.25) is 0 Å². The van der Waals surface area contributed by atoms with E-state index in [0.717, 1.165) is 5.56 Å². The highest BCUT2D eigenvalue weighted by Gasteiger charge is 1.97. The Morgan fingerprint density at radius 3 is 2.38 bits per heavy atom. The largest absolute Gasteiger partial charge is 0.253 e. The number of hydrogen-bond acceptors (Lipinski definition) is 1. The zero-order valence-electron chi connectivity index (χ0n) is 13.6. The lowest BCUT2D eigenvalue weighted by Crippen LogP contribution is -1.92. The van der Waals surface area contributed by atoms with E-state index in [4.69, 9.17) is 18.5 Å². The van der Waals surface area contributed by atoms with Crippen molar-refractivity contribution in [3.63, 3.8) is 0 Å². The molecule has 16 heavy (non-hydrogen) atoms. The quantitative estimate of drug-likeness (QED) is 0.680. The summed E-state index contributed by atoms with van der Waals surface area (Å²) in [4.78, 5) is 4.20. The van der Waals surface area contributed by atoms with E-state index in [9.17, 15) is 0 Å². The fourth-order valence-electron chi connectivity index (χ4n) is 1.22. The van der Waals surface area contributed by atoms with Crippen molar-refractivity contribution in [2.24, 2.45) is 4.99 Å². The Bertz CT molecular complexity index is 696. The van der Waals surface area contributed by atoms with Gasteiger partial charge < -0.3 is 0 Å². The normalized spacial score (nSPS) is 15.9. The van der Waals surface area contributed by atoms with E-state index in [2.05, 4.69) is 4.99 Å². The summed E-state index contributed by atoms with van der Waals surface area (Å²) in [7, 11) is 0. The van der Waals surface area contributed by atoms with Crippen molar-refractivity contribution in [1.29, 1.82) is 0 Å². The topological polar surface area (TPSA) is 12.4 Å². The van der Waals surface area contributed by atoms with Gasteiger partial charge in [-0.25, -0.2) is 0 Å². The molecule has 0 unspecified atom stereocenters. The molecule has 2 rings (SSSR count). The molecule has 2 heteroatoms. The lowest BCUT2D eigenvalue weighted by molar-refractivity contribution is 1.47. The third-order valence-electron chi connectivity index (χ3n) is 2.03. The molecular weight excluding hydrogens is 218 g/mol. The van der Waals surface area contributed by atoms with Crippen LogP contribution in [-0.4, -0.2) is 5.71 Å². The average molecular weight is 235 g/mol. The summed E-state index contributed by atoms with van der Waals surface area (Å²) in [5.74, 6) is 0. The van der Waals surface area contributed by atoms with Gasteiger partial charge in [-0.1, -0.05) is 41.9 Å². The maximum Gasteiger partial charge on any atom is 0.0646 e. The van der Waals surface area contributed by atoms with Crippen LogP contribution in [0.3, 0.4) is 0 Å². The second kappa shape index (κ2) is 4.95. The van der Waals surface area contributed by atoms with Crippen LogP contribution < -0.4 is 0 Å². The van der Waals surface area contributed by atoms with Crippen molar-refractivity contribution in [1.82, 2.24) is 0 Å². The van der Waals surface area contributed by atoms with Crippen molar-refractivity contribution in [3.8, 4) is 0 Å². The molecule has 0 saturated carbocycles. The molecule has 80 valence electrons. The number of para-hydroxylation sites is 1. The second-order valence-corrected chi connectivity index (χ2v) is 3.61. The molecule has 0 spiro atoms. The van der Waals surface area contributed by atoms with Crippen LogP contribution in [0.1, 0.15) is 19.3 Å². The first-order valence-corrected chi connectivity index (χ1v) is 5.09. The van der Waals surface area contributed by atoms with E-state index in [1.165, 1.54) is 0 Å². The summed E-state index contributed by atoms with van der Waals surface area (Å²) in [6.07, 6.45) is 0. The van der Waals surface area contributed by atoms with Crippen LogP contribution in [0.25, 0.3) is 0 Å². The standard InChI is InChI=1S/C14H12ClN/c1-11(12-7-9-13(15)10-8-12)16-14-5-3-2-4-6-14/h2-10H,1H3/b16-11+/i2D,3D,4D,5D,6D. The molecule has 0 amide bonds. The Hall–Kier alpha value is -1.60. The predicted molar refractivity (Wildman–Crippen MR) is 69.8 cm³/mol. The summed E-state index contributed by atoms with van der Waals surface area (Å²) in [5, 5.41) is 0.592. The average Bonchev–Trinajstić information content (AvgIpc) is 2.48. The van der Waals surface area contributed by atoms with E-state index in [-0.39, 0.29) is 17.8 Å². The van der Waals surface area contributed by atoms with E-state index in [1.54, 1.807) is 31.2 Å². The van der Waals surface area contributed by atoms with Crippen LogP contribution >= 0.6 is 11.6 Å². The highest BCUT2D eigenvalue weighted by Crippen LogP contribution is 2.15. The number of halogens is 1. The summed E-state index contributed by atoms with van der Waals surface area (Å²) < 4.78 is 38.4. The Labute approximate surface area is 107 Å². The summed E-state index contributed by atoms with van der Waals surface area (Å²) in [6, 6.07) is 5.11. The Balaban J connectivity index is 2.57. The zero-order chi connectivity index (χ0) is 15.7. The van der Waals surface area contributed by atoms with Gasteiger partial charge in [-0.15, -0.1) is 0 Å². The van der Waals surface area contributed by atoms with Crippen LogP contribution in [0.4, 0.5) is 5.69 Å². The third-order valence-corrected chi connectivity index (χ3v) is 2.28. The molecule has 0 aliphatic heterocycles. The number of aliphatic imine (C=N–C) groups is 1. The molecule has 2 aromatic rings. The van der Waals surface area contributed by atoms with Gasteiger partial charge >= 0.3 is 0 Å². The first kappa shape index (κ1) is 6.21. The van der Waals surface area contributed by atoms with Gasteiger partial charge in [-0.2, -0.15) is 0 Å². The molecule has 0 bridgehead atoms. The zero-order valence-corrected chi connectivity index (χ0v) is 9.39. The maximum atomic E-state index is 7.82. The van der Waals surface area contributed by atoms with E-state index < -0.39 is 18.1 Å². The van der Waals surface area contributed by atoms with Crippen molar-refractivity contribution in [3.05, 3.63) is 65.1 Å². The van der Waals surface area contributed by atoms with Crippen molar-refractivity contribution >= 4 is 23.0 Å². The first-order valence-electron chi connectivity index (χ1n) is 7.21. The number of rotatable bonds is 2. The van der Waals surface area contributed by atoms with Crippen molar-refractivity contribution in [2.45, 2.75) is 6.92 Å². The van der Waals surface area contributed by atoms with Gasteiger partial charge in [0.05, 0.1) is 12.5 Å². The minimum Gasteiger partial charge on any atom is -0.253 e. The number of hydrogen-bond donors (Lipinski definition) is 0. The SMILES string of the molecule is [2H]c1c([2H])c([2H])c(/N=C(\C)c2ccc(Cl)cc2)c([2H])c1[2H]. The first-order chi connectivity index (χ1) is 9.82. The van der Waals surface area contributed by atoms with Gasteiger partial charge in [-0.05, 0) is 36.7 Å². The lowest BCUT2D eigenvalue weighted by Gasteiger charge is -2.01. The maximum absolute atomic E-state index is 7.82. The molecule has 0 radical (unpaired) electrons. The van der Waals surface area contributed by atoms with Crippen LogP contribution in [-0.2, 0) is 0 Å². The molecule has 0 N–H and O–H groups in total. The molecule has 0 fully saturated rings. The molecule has 0 saturated heterocycles. The third kappa shape index (κ3) is 2.71. The van der Waals surface area contributed by atoms with E-state index >= 15 is 0 Å². The van der Waals surface area contributed by atoms with E-state index in [0.29, 0.717) is 10.7 Å². The van der Waals surface area contributed by atoms with Gasteiger partial charge in [-0.3, -0.25) is 4.99 Å². The highest BCUT2D eigenvalue weighted by atomic mass is 35.5. The second-order valence-electron chi connectivity index (χ2n) is 3.18. The van der Waals surface area contributed by atoms with Crippen LogP contribution in [0, 0.1) is 0 Å². The van der Waals surface area contributed by atoms with Crippen molar-refractivity contribution in [2.75, 3.05) is 0 Å². The monoisotopic (exact) mass is 234 g/mol. The van der Waals surface area contributed by atoms with Crippen LogP contribution in [0.15, 0.2) is 59.5 Å². The van der Waals surface area contributed by atoms with E-state index in [1.807, 2.05) is 0 Å². The molecule has 2 aromatic carbocycles. The Kier molecular flexibility index (Phi) is 1.92. The molecule has 0 aliphatic carbocycles. The van der Waals surface area contributed by atoms with Crippen molar-refractivity contribution < 1.29 is 6.85 Å². The Morgan fingerprint density at radius 2 is 1.75 bits per heavy atom. The minimum atomic E-state index is -0.423. The van der Waals surface area contributed by atoms with Crippen LogP contribution in [0.2, 0.25) is 5.02 Å². The summed E-state index contributed by atoms with van der Waals surface area (Å²) >= 11 is 5.82. The molecule has 0 aromatic heterocycles. The molecule has 0 aliphatic rings. The lowest BCUT2D eigenvalue weighted by atomic mass is 10.1. The molecule has 1 nitrogen and oxygen atoms in total. The smallest absolute Gasteiger partial charge is 0.0646 e. The minimum absolute atomic E-state index is 0.0616. The molecule has 0 heterocycles. The highest BCUT2D eigenvalue weighted by molar-refractivity contribution is 6.30. The Morgan fingerprint density at radius 1 is 1.12 bits per heavy atom. The van der Waals surface area contributed by atoms with Crippen LogP contribution in [0.5, 0.6) is 0 Å². The fraction of sp³-hybridized carbons (Fsp3) is 0.0714. The number of benzene rings is 2. The molecule has 0 atom stereocenters. The fourth-order valence-corrected chi connectivity index (χ4v) is 1.35.